The Morgan fingerprint density at radius 1 is 1.33 bits per heavy atom. The molecule has 0 aromatic rings. The molecule has 0 saturated carbocycles. The van der Waals surface area contributed by atoms with Crippen LogP contribution < -0.4 is 5.32 Å². The predicted molar refractivity (Wildman–Crippen MR) is 38.0 cm³/mol. The van der Waals surface area contributed by atoms with Gasteiger partial charge in [-0.2, -0.15) is 0 Å². The number of hydrogen-bond donors (Lipinski definition) is 1. The molecule has 1 heteroatoms. The van der Waals surface area contributed by atoms with E-state index in [0.717, 1.165) is 6.54 Å². The third-order valence-electron chi connectivity index (χ3n) is 2.01. The first-order valence-electron chi connectivity index (χ1n) is 3.59. The molecule has 1 nitrogen and oxygen atoms in total. The molecular formula is C8H11N. The van der Waals surface area contributed by atoms with Crippen molar-refractivity contribution in [3.05, 3.63) is 23.4 Å². The number of hydrogen-bond acceptors (Lipinski definition) is 1. The van der Waals surface area contributed by atoms with Gasteiger partial charge in [0, 0.05) is 12.2 Å². The van der Waals surface area contributed by atoms with E-state index in [9.17, 15) is 0 Å². The maximum Gasteiger partial charge on any atom is 0.0331 e. The van der Waals surface area contributed by atoms with Crippen molar-refractivity contribution in [1.29, 1.82) is 0 Å². The minimum Gasteiger partial charge on any atom is -0.385 e. The van der Waals surface area contributed by atoms with Gasteiger partial charge in [0.15, 0.2) is 0 Å². The number of nitrogens with one attached hydrogen (secondary N) is 1. The van der Waals surface area contributed by atoms with Gasteiger partial charge >= 0.3 is 0 Å². The Kier molecular flexibility index (Phi) is 1.08. The first kappa shape index (κ1) is 5.10. The minimum atomic E-state index is 1.04. The van der Waals surface area contributed by atoms with Crippen molar-refractivity contribution in [1.82, 2.24) is 5.32 Å². The van der Waals surface area contributed by atoms with E-state index in [4.69, 9.17) is 0 Å². The normalized spacial score (nSPS) is 24.0. The van der Waals surface area contributed by atoms with Gasteiger partial charge in [-0.15, -0.1) is 0 Å². The van der Waals surface area contributed by atoms with Crippen molar-refractivity contribution in [3.8, 4) is 0 Å². The molecule has 2 rings (SSSR count). The average Bonchev–Trinajstić information content (AvgIpc) is 2.33. The quantitative estimate of drug-likeness (QED) is 0.513. The Morgan fingerprint density at radius 2 is 2.33 bits per heavy atom. The van der Waals surface area contributed by atoms with E-state index >= 15 is 0 Å². The van der Waals surface area contributed by atoms with Crippen LogP contribution in [0.25, 0.3) is 0 Å². The van der Waals surface area contributed by atoms with Crippen molar-refractivity contribution in [2.75, 3.05) is 6.54 Å². The summed E-state index contributed by atoms with van der Waals surface area (Å²) in [5.41, 5.74) is 3.04. The summed E-state index contributed by atoms with van der Waals surface area (Å²) >= 11 is 0. The fourth-order valence-electron chi connectivity index (χ4n) is 1.54. The summed E-state index contributed by atoms with van der Waals surface area (Å²) in [5.74, 6) is 0. The molecule has 0 spiro atoms. The highest BCUT2D eigenvalue weighted by Gasteiger charge is 2.12. The van der Waals surface area contributed by atoms with Gasteiger partial charge in [0.05, 0.1) is 0 Å². The number of allylic oxidation sites excluding steroid dienone is 3. The lowest BCUT2D eigenvalue weighted by molar-refractivity contribution is 0.814. The third-order valence-corrected chi connectivity index (χ3v) is 2.01. The molecule has 0 unspecified atom stereocenters. The van der Waals surface area contributed by atoms with E-state index in [1.807, 2.05) is 0 Å². The second kappa shape index (κ2) is 1.90. The van der Waals surface area contributed by atoms with Crippen LogP contribution in [-0.4, -0.2) is 6.54 Å². The molecule has 0 aromatic carbocycles. The van der Waals surface area contributed by atoms with Gasteiger partial charge in [0.2, 0.25) is 0 Å². The SMILES string of the molecule is C1=CC2=C(CCC2)NC1. The standard InChI is InChI=1S/C8H11N/c1-3-7-4-2-6-9-8(7)5-1/h2,4,9H,1,3,5-6H2. The molecule has 0 fully saturated rings. The van der Waals surface area contributed by atoms with E-state index in [1.165, 1.54) is 25.0 Å². The zero-order valence-electron chi connectivity index (χ0n) is 5.48. The molecule has 1 heterocycles. The second-order valence-corrected chi connectivity index (χ2v) is 2.64. The fourth-order valence-corrected chi connectivity index (χ4v) is 1.54. The maximum absolute atomic E-state index is 3.37. The molecule has 0 amide bonds. The summed E-state index contributed by atoms with van der Waals surface area (Å²) in [6.45, 7) is 1.04. The van der Waals surface area contributed by atoms with Crippen molar-refractivity contribution in [2.45, 2.75) is 19.3 Å². The van der Waals surface area contributed by atoms with Gasteiger partial charge in [-0.05, 0) is 24.8 Å². The van der Waals surface area contributed by atoms with Crippen molar-refractivity contribution >= 4 is 0 Å². The Labute approximate surface area is 55.5 Å². The number of rotatable bonds is 0. The maximum atomic E-state index is 3.37. The van der Waals surface area contributed by atoms with Crippen LogP contribution in [0.5, 0.6) is 0 Å². The van der Waals surface area contributed by atoms with Crippen LogP contribution in [0.4, 0.5) is 0 Å². The Balaban J connectivity index is 2.28. The van der Waals surface area contributed by atoms with E-state index in [1.54, 1.807) is 5.57 Å². The molecule has 0 bridgehead atoms. The van der Waals surface area contributed by atoms with Crippen LogP contribution in [0, 0.1) is 0 Å². The summed E-state index contributed by atoms with van der Waals surface area (Å²) in [6.07, 6.45) is 8.38. The molecule has 1 aliphatic carbocycles. The molecule has 48 valence electrons. The summed E-state index contributed by atoms with van der Waals surface area (Å²) < 4.78 is 0. The number of dihydropyridines is 1. The summed E-state index contributed by atoms with van der Waals surface area (Å²) in [6, 6.07) is 0. The summed E-state index contributed by atoms with van der Waals surface area (Å²) in [5, 5.41) is 3.37. The van der Waals surface area contributed by atoms with Gasteiger partial charge in [0.1, 0.15) is 0 Å². The lowest BCUT2D eigenvalue weighted by Gasteiger charge is -2.09. The lowest BCUT2D eigenvalue weighted by Crippen LogP contribution is -2.15. The first-order chi connectivity index (χ1) is 4.47. The van der Waals surface area contributed by atoms with E-state index in [0.29, 0.717) is 0 Å². The molecule has 0 aromatic heterocycles. The van der Waals surface area contributed by atoms with Crippen LogP contribution >= 0.6 is 0 Å². The molecule has 0 saturated heterocycles. The van der Waals surface area contributed by atoms with Crippen LogP contribution in [0.15, 0.2) is 23.4 Å². The topological polar surface area (TPSA) is 12.0 Å². The van der Waals surface area contributed by atoms with Crippen molar-refractivity contribution in [3.63, 3.8) is 0 Å². The third kappa shape index (κ3) is 0.766. The molecule has 2 aliphatic rings. The lowest BCUT2D eigenvalue weighted by atomic mass is 10.2. The highest BCUT2D eigenvalue weighted by Crippen LogP contribution is 2.26. The highest BCUT2D eigenvalue weighted by molar-refractivity contribution is 5.31. The Hall–Kier alpha value is -0.720. The summed E-state index contributed by atoms with van der Waals surface area (Å²) in [7, 11) is 0. The Bertz CT molecular complexity index is 177. The van der Waals surface area contributed by atoms with Crippen molar-refractivity contribution < 1.29 is 0 Å². The molecule has 9 heavy (non-hydrogen) atoms. The molecular weight excluding hydrogens is 110 g/mol. The van der Waals surface area contributed by atoms with Crippen LogP contribution in [0.3, 0.4) is 0 Å². The van der Waals surface area contributed by atoms with E-state index in [2.05, 4.69) is 17.5 Å². The fraction of sp³-hybridized carbons (Fsp3) is 0.500. The van der Waals surface area contributed by atoms with E-state index < -0.39 is 0 Å². The minimum absolute atomic E-state index is 1.04. The van der Waals surface area contributed by atoms with Crippen molar-refractivity contribution in [2.24, 2.45) is 0 Å². The van der Waals surface area contributed by atoms with Gasteiger partial charge in [0.25, 0.3) is 0 Å². The first-order valence-corrected chi connectivity index (χ1v) is 3.59. The zero-order valence-corrected chi connectivity index (χ0v) is 5.48. The smallest absolute Gasteiger partial charge is 0.0331 e. The van der Waals surface area contributed by atoms with Gasteiger partial charge in [-0.1, -0.05) is 12.2 Å². The zero-order chi connectivity index (χ0) is 6.10. The van der Waals surface area contributed by atoms with Gasteiger partial charge < -0.3 is 5.32 Å². The predicted octanol–water partition coefficient (Wildman–Crippen LogP) is 1.58. The van der Waals surface area contributed by atoms with Crippen LogP contribution in [0.2, 0.25) is 0 Å². The monoisotopic (exact) mass is 121 g/mol. The largest absolute Gasteiger partial charge is 0.385 e. The van der Waals surface area contributed by atoms with E-state index in [-0.39, 0.29) is 0 Å². The highest BCUT2D eigenvalue weighted by atomic mass is 14.9. The molecule has 1 N–H and O–H groups in total. The summed E-state index contributed by atoms with van der Waals surface area (Å²) in [4.78, 5) is 0. The van der Waals surface area contributed by atoms with Crippen LogP contribution in [0.1, 0.15) is 19.3 Å². The van der Waals surface area contributed by atoms with Gasteiger partial charge in [-0.3, -0.25) is 0 Å². The second-order valence-electron chi connectivity index (χ2n) is 2.64. The average molecular weight is 121 g/mol. The Morgan fingerprint density at radius 3 is 3.22 bits per heavy atom. The molecule has 0 radical (unpaired) electrons. The molecule has 1 aliphatic heterocycles. The van der Waals surface area contributed by atoms with Gasteiger partial charge in [-0.25, -0.2) is 0 Å². The van der Waals surface area contributed by atoms with Crippen LogP contribution in [-0.2, 0) is 0 Å². The molecule has 0 atom stereocenters.